The number of nitrogens with zero attached hydrogens (tertiary/aromatic N) is 1. The Morgan fingerprint density at radius 2 is 2.36 bits per heavy atom. The maximum Gasteiger partial charge on any atom is 0.312 e. The molecule has 1 heterocycles. The Morgan fingerprint density at radius 3 is 3.00 bits per heavy atom. The summed E-state index contributed by atoms with van der Waals surface area (Å²) in [4.78, 5) is 12.0. The number of rotatable bonds is 3. The smallest absolute Gasteiger partial charge is 0.312 e. The topological polar surface area (TPSA) is 40.5 Å². The standard InChI is InChI=1S/C8H14NO2/c10-6-4-8-3-1-2-5-9(8)7-11/h8,10H,1-6H2. The van der Waals surface area contributed by atoms with Gasteiger partial charge in [0.05, 0.1) is 0 Å². The first-order chi connectivity index (χ1) is 5.38. The molecule has 1 aliphatic rings. The summed E-state index contributed by atoms with van der Waals surface area (Å²) in [5, 5.41) is 8.68. The van der Waals surface area contributed by atoms with Crippen LogP contribution in [-0.2, 0) is 4.79 Å². The fourth-order valence-electron chi connectivity index (χ4n) is 1.57. The summed E-state index contributed by atoms with van der Waals surface area (Å²) in [6.07, 6.45) is 5.89. The minimum Gasteiger partial charge on any atom is -0.396 e. The van der Waals surface area contributed by atoms with Crippen LogP contribution in [0.5, 0.6) is 0 Å². The summed E-state index contributed by atoms with van der Waals surface area (Å²) in [7, 11) is 0. The first kappa shape index (κ1) is 8.53. The lowest BCUT2D eigenvalue weighted by atomic mass is 10.0. The molecule has 1 unspecified atom stereocenters. The van der Waals surface area contributed by atoms with Gasteiger partial charge in [0.25, 0.3) is 0 Å². The second-order valence-corrected chi connectivity index (χ2v) is 2.95. The van der Waals surface area contributed by atoms with Crippen LogP contribution in [0, 0.1) is 0 Å². The molecular weight excluding hydrogens is 142 g/mol. The Labute approximate surface area is 67.0 Å². The van der Waals surface area contributed by atoms with Crippen LogP contribution in [0.25, 0.3) is 0 Å². The van der Waals surface area contributed by atoms with Gasteiger partial charge in [0.15, 0.2) is 0 Å². The highest BCUT2D eigenvalue weighted by Gasteiger charge is 2.20. The molecule has 11 heavy (non-hydrogen) atoms. The van der Waals surface area contributed by atoms with Crippen molar-refractivity contribution < 1.29 is 9.90 Å². The van der Waals surface area contributed by atoms with Crippen molar-refractivity contribution in [3.05, 3.63) is 0 Å². The fraction of sp³-hybridized carbons (Fsp3) is 0.875. The Bertz CT molecular complexity index is 125. The lowest BCUT2D eigenvalue weighted by Gasteiger charge is -2.31. The van der Waals surface area contributed by atoms with E-state index < -0.39 is 0 Å². The molecule has 0 aromatic carbocycles. The molecule has 1 rings (SSSR count). The second kappa shape index (κ2) is 4.34. The number of aliphatic hydroxyl groups is 1. The Morgan fingerprint density at radius 1 is 1.55 bits per heavy atom. The van der Waals surface area contributed by atoms with E-state index in [-0.39, 0.29) is 12.6 Å². The molecular formula is C8H14NO2. The van der Waals surface area contributed by atoms with E-state index in [2.05, 4.69) is 0 Å². The Kier molecular flexibility index (Phi) is 3.36. The third kappa shape index (κ3) is 2.19. The number of piperidine rings is 1. The van der Waals surface area contributed by atoms with E-state index in [0.29, 0.717) is 6.42 Å². The first-order valence-electron chi connectivity index (χ1n) is 4.13. The van der Waals surface area contributed by atoms with Crippen molar-refractivity contribution in [2.75, 3.05) is 13.2 Å². The number of carbonyl (C=O) groups excluding carboxylic acids is 1. The molecule has 0 aromatic rings. The lowest BCUT2D eigenvalue weighted by molar-refractivity contribution is 0.180. The number of likely N-dealkylation sites (tertiary alicyclic amines) is 1. The van der Waals surface area contributed by atoms with E-state index in [9.17, 15) is 4.79 Å². The average Bonchev–Trinajstić information content (AvgIpc) is 2.06. The summed E-state index contributed by atoms with van der Waals surface area (Å²) in [5.74, 6) is 0. The molecule has 1 aliphatic heterocycles. The van der Waals surface area contributed by atoms with Crippen molar-refractivity contribution in [3.63, 3.8) is 0 Å². The molecule has 1 N–H and O–H groups in total. The zero-order chi connectivity index (χ0) is 8.10. The molecule has 3 heteroatoms. The van der Waals surface area contributed by atoms with Gasteiger partial charge in [-0.3, -0.25) is 4.79 Å². The molecule has 0 aliphatic carbocycles. The Balaban J connectivity index is 2.37. The maximum absolute atomic E-state index is 10.4. The van der Waals surface area contributed by atoms with Gasteiger partial charge in [-0.05, 0) is 25.7 Å². The average molecular weight is 156 g/mol. The van der Waals surface area contributed by atoms with Gasteiger partial charge in [0, 0.05) is 19.2 Å². The van der Waals surface area contributed by atoms with Gasteiger partial charge >= 0.3 is 6.41 Å². The zero-order valence-electron chi connectivity index (χ0n) is 6.62. The van der Waals surface area contributed by atoms with Crippen LogP contribution in [-0.4, -0.2) is 35.6 Å². The summed E-state index contributed by atoms with van der Waals surface area (Å²) in [6, 6.07) is 0.242. The van der Waals surface area contributed by atoms with Gasteiger partial charge in [0.2, 0.25) is 0 Å². The van der Waals surface area contributed by atoms with Gasteiger partial charge in [0.1, 0.15) is 0 Å². The first-order valence-corrected chi connectivity index (χ1v) is 4.13. The van der Waals surface area contributed by atoms with Crippen LogP contribution in [0.1, 0.15) is 25.7 Å². The summed E-state index contributed by atoms with van der Waals surface area (Å²) < 4.78 is 0. The van der Waals surface area contributed by atoms with E-state index in [4.69, 9.17) is 5.11 Å². The fourth-order valence-corrected chi connectivity index (χ4v) is 1.57. The molecule has 1 radical (unpaired) electrons. The third-order valence-electron chi connectivity index (χ3n) is 2.21. The molecule has 1 saturated heterocycles. The van der Waals surface area contributed by atoms with Gasteiger partial charge in [-0.15, -0.1) is 0 Å². The largest absolute Gasteiger partial charge is 0.396 e. The second-order valence-electron chi connectivity index (χ2n) is 2.95. The molecule has 1 amide bonds. The molecule has 3 nitrogen and oxygen atoms in total. The predicted molar refractivity (Wildman–Crippen MR) is 41.7 cm³/mol. The molecule has 0 bridgehead atoms. The van der Waals surface area contributed by atoms with Crippen LogP contribution in [0.15, 0.2) is 0 Å². The number of amides is 1. The molecule has 0 spiro atoms. The van der Waals surface area contributed by atoms with Crippen LogP contribution < -0.4 is 0 Å². The minimum absolute atomic E-state index is 0.169. The molecule has 1 fully saturated rings. The highest BCUT2D eigenvalue weighted by molar-refractivity contribution is 5.48. The van der Waals surface area contributed by atoms with Gasteiger partial charge in [-0.25, -0.2) is 0 Å². The van der Waals surface area contributed by atoms with Crippen LogP contribution in [0.4, 0.5) is 0 Å². The van der Waals surface area contributed by atoms with E-state index in [1.54, 1.807) is 4.90 Å². The summed E-state index contributed by atoms with van der Waals surface area (Å²) >= 11 is 0. The van der Waals surface area contributed by atoms with Gasteiger partial charge in [-0.1, -0.05) is 0 Å². The lowest BCUT2D eigenvalue weighted by Crippen LogP contribution is -2.38. The van der Waals surface area contributed by atoms with Crippen LogP contribution in [0.3, 0.4) is 0 Å². The van der Waals surface area contributed by atoms with Crippen molar-refractivity contribution in [1.82, 2.24) is 4.90 Å². The van der Waals surface area contributed by atoms with E-state index in [1.165, 1.54) is 6.42 Å². The number of hydrogen-bond acceptors (Lipinski definition) is 2. The highest BCUT2D eigenvalue weighted by atomic mass is 16.3. The Hall–Kier alpha value is -0.570. The quantitative estimate of drug-likeness (QED) is 0.638. The molecule has 0 saturated carbocycles. The minimum atomic E-state index is 0.169. The molecule has 63 valence electrons. The van der Waals surface area contributed by atoms with Crippen molar-refractivity contribution >= 4 is 6.41 Å². The van der Waals surface area contributed by atoms with Crippen LogP contribution >= 0.6 is 0 Å². The highest BCUT2D eigenvalue weighted by Crippen LogP contribution is 2.17. The maximum atomic E-state index is 10.4. The number of aliphatic hydroxyl groups excluding tert-OH is 1. The predicted octanol–water partition coefficient (Wildman–Crippen LogP) is 0.291. The van der Waals surface area contributed by atoms with E-state index in [1.807, 2.05) is 6.41 Å². The van der Waals surface area contributed by atoms with Crippen LogP contribution in [0.2, 0.25) is 0 Å². The molecule has 0 aromatic heterocycles. The van der Waals surface area contributed by atoms with Crippen molar-refractivity contribution in [3.8, 4) is 0 Å². The van der Waals surface area contributed by atoms with Gasteiger partial charge < -0.3 is 10.0 Å². The SMILES string of the molecule is O=[C]N1CCCCC1CCO. The van der Waals surface area contributed by atoms with E-state index in [0.717, 1.165) is 19.4 Å². The molecule has 1 atom stereocenters. The third-order valence-corrected chi connectivity index (χ3v) is 2.21. The van der Waals surface area contributed by atoms with E-state index >= 15 is 0 Å². The summed E-state index contributed by atoms with van der Waals surface area (Å²) in [5.41, 5.74) is 0. The summed E-state index contributed by atoms with van der Waals surface area (Å²) in [6.45, 7) is 0.983. The van der Waals surface area contributed by atoms with Gasteiger partial charge in [-0.2, -0.15) is 0 Å². The monoisotopic (exact) mass is 156 g/mol. The van der Waals surface area contributed by atoms with Crippen molar-refractivity contribution in [2.24, 2.45) is 0 Å². The normalized spacial score (nSPS) is 25.2. The van der Waals surface area contributed by atoms with Crippen molar-refractivity contribution in [1.29, 1.82) is 0 Å². The zero-order valence-corrected chi connectivity index (χ0v) is 6.62. The number of hydrogen-bond donors (Lipinski definition) is 1. The van der Waals surface area contributed by atoms with Crippen molar-refractivity contribution in [2.45, 2.75) is 31.7 Å².